The van der Waals surface area contributed by atoms with Crippen molar-refractivity contribution in [2.24, 2.45) is 7.05 Å². The molecule has 2 N–H and O–H groups in total. The van der Waals surface area contributed by atoms with Gasteiger partial charge in [0.2, 0.25) is 0 Å². The Bertz CT molecular complexity index is 1320. The minimum atomic E-state index is -4.61. The summed E-state index contributed by atoms with van der Waals surface area (Å²) >= 11 is 0. The molecule has 2 aliphatic rings. The van der Waals surface area contributed by atoms with Gasteiger partial charge in [-0.25, -0.2) is 0 Å². The molecule has 1 saturated heterocycles. The molecule has 0 unspecified atom stereocenters. The number of aromatic nitrogens is 3. The van der Waals surface area contributed by atoms with E-state index in [0.29, 0.717) is 30.9 Å². The van der Waals surface area contributed by atoms with E-state index in [1.165, 1.54) is 11.0 Å². The number of carbonyl (C=O) groups is 1. The number of amides is 1. The maximum Gasteiger partial charge on any atom is 0.416 e. The van der Waals surface area contributed by atoms with Crippen LogP contribution < -0.4 is 10.2 Å². The predicted molar refractivity (Wildman–Crippen MR) is 129 cm³/mol. The third kappa shape index (κ3) is 4.86. The Kier molecular flexibility index (Phi) is 6.55. The van der Waals surface area contributed by atoms with E-state index in [0.717, 1.165) is 17.5 Å². The largest absolute Gasteiger partial charge is 0.416 e. The van der Waals surface area contributed by atoms with Gasteiger partial charge in [0.25, 0.3) is 5.91 Å². The molecule has 0 spiro atoms. The maximum atomic E-state index is 14.0. The van der Waals surface area contributed by atoms with Gasteiger partial charge in [-0.1, -0.05) is 12.1 Å². The number of aryl methyl sites for hydroxylation is 1. The number of ether oxygens (including phenoxy) is 1. The standard InChI is InChI=1S/C26H28F3N5O3/c1-16(35)10-30-11-17-6-20-21(22(7-17)26(27,28)29)12-34(24(20)36)19-5-3-4-18(8-19)25(13-37-14-25)9-23-32-31-15-33(23)2/h3-8,15-16,30,35H,9-14H2,1-2H3/t16-/m0/s1. The van der Waals surface area contributed by atoms with Gasteiger partial charge in [-0.3, -0.25) is 4.79 Å². The lowest BCUT2D eigenvalue weighted by Gasteiger charge is -2.42. The topological polar surface area (TPSA) is 92.5 Å². The van der Waals surface area contributed by atoms with E-state index in [9.17, 15) is 23.1 Å². The predicted octanol–water partition coefficient (Wildman–Crippen LogP) is 2.98. The summed E-state index contributed by atoms with van der Waals surface area (Å²) in [6, 6.07) is 9.96. The molecule has 8 nitrogen and oxygen atoms in total. The van der Waals surface area contributed by atoms with Crippen molar-refractivity contribution in [3.8, 4) is 0 Å². The highest BCUT2D eigenvalue weighted by Gasteiger charge is 2.43. The summed E-state index contributed by atoms with van der Waals surface area (Å²) in [6.45, 7) is 2.69. The molecule has 196 valence electrons. The number of nitrogens with zero attached hydrogens (tertiary/aromatic N) is 4. The Morgan fingerprint density at radius 2 is 2.03 bits per heavy atom. The first-order chi connectivity index (χ1) is 17.6. The molecule has 11 heteroatoms. The van der Waals surface area contributed by atoms with E-state index >= 15 is 0 Å². The molecule has 0 radical (unpaired) electrons. The molecule has 2 aliphatic heterocycles. The lowest BCUT2D eigenvalue weighted by Crippen LogP contribution is -2.49. The molecule has 1 amide bonds. The van der Waals surface area contributed by atoms with Crippen molar-refractivity contribution in [1.82, 2.24) is 20.1 Å². The number of halogens is 3. The second-order valence-corrected chi connectivity index (χ2v) is 9.90. The van der Waals surface area contributed by atoms with Gasteiger partial charge in [-0.15, -0.1) is 10.2 Å². The molecule has 3 heterocycles. The molecule has 1 atom stereocenters. The number of hydrogen-bond donors (Lipinski definition) is 2. The van der Waals surface area contributed by atoms with Crippen LogP contribution in [0, 0.1) is 0 Å². The molecule has 0 bridgehead atoms. The normalized spacial score (nSPS) is 17.6. The van der Waals surface area contributed by atoms with Crippen molar-refractivity contribution >= 4 is 11.6 Å². The van der Waals surface area contributed by atoms with E-state index in [4.69, 9.17) is 4.74 Å². The Hall–Kier alpha value is -3.28. The van der Waals surface area contributed by atoms with Crippen LogP contribution in [0.3, 0.4) is 0 Å². The third-order valence-electron chi connectivity index (χ3n) is 7.00. The zero-order valence-electron chi connectivity index (χ0n) is 20.5. The van der Waals surface area contributed by atoms with E-state index in [2.05, 4.69) is 15.5 Å². The molecular weight excluding hydrogens is 487 g/mol. The monoisotopic (exact) mass is 515 g/mol. The number of fused-ring (bicyclic) bond motifs is 1. The van der Waals surface area contributed by atoms with Gasteiger partial charge in [-0.2, -0.15) is 13.2 Å². The number of anilines is 1. The summed E-state index contributed by atoms with van der Waals surface area (Å²) in [4.78, 5) is 14.8. The van der Waals surface area contributed by atoms with E-state index in [1.807, 2.05) is 29.8 Å². The zero-order valence-corrected chi connectivity index (χ0v) is 20.5. The summed E-state index contributed by atoms with van der Waals surface area (Å²) in [5.41, 5.74) is 0.665. The van der Waals surface area contributed by atoms with Crippen molar-refractivity contribution in [3.05, 3.63) is 76.4 Å². The quantitative estimate of drug-likeness (QED) is 0.479. The molecule has 1 aromatic heterocycles. The minimum Gasteiger partial charge on any atom is -0.392 e. The van der Waals surface area contributed by atoms with E-state index in [-0.39, 0.29) is 36.2 Å². The van der Waals surface area contributed by atoms with Crippen molar-refractivity contribution < 1.29 is 27.8 Å². The van der Waals surface area contributed by atoms with Crippen LogP contribution in [0.2, 0.25) is 0 Å². The van der Waals surface area contributed by atoms with Crippen LogP contribution in [0.15, 0.2) is 42.7 Å². The second-order valence-electron chi connectivity index (χ2n) is 9.90. The van der Waals surface area contributed by atoms with Crippen molar-refractivity contribution in [2.45, 2.75) is 44.1 Å². The van der Waals surface area contributed by atoms with Crippen LogP contribution in [0.25, 0.3) is 0 Å². The highest BCUT2D eigenvalue weighted by atomic mass is 19.4. The fourth-order valence-corrected chi connectivity index (χ4v) is 4.95. The van der Waals surface area contributed by atoms with Crippen molar-refractivity contribution in [1.29, 1.82) is 0 Å². The first-order valence-electron chi connectivity index (χ1n) is 12.0. The first kappa shape index (κ1) is 25.4. The van der Waals surface area contributed by atoms with Crippen molar-refractivity contribution in [2.75, 3.05) is 24.7 Å². The highest BCUT2D eigenvalue weighted by molar-refractivity contribution is 6.10. The van der Waals surface area contributed by atoms with Gasteiger partial charge in [0.1, 0.15) is 12.2 Å². The number of rotatable bonds is 8. The number of benzene rings is 2. The number of carbonyl (C=O) groups excluding carboxylic acids is 1. The number of alkyl halides is 3. The van der Waals surface area contributed by atoms with Gasteiger partial charge >= 0.3 is 6.18 Å². The summed E-state index contributed by atoms with van der Waals surface area (Å²) < 4.78 is 49.4. The highest BCUT2D eigenvalue weighted by Crippen LogP contribution is 2.41. The van der Waals surface area contributed by atoms with Crippen LogP contribution >= 0.6 is 0 Å². The van der Waals surface area contributed by atoms with E-state index in [1.54, 1.807) is 19.3 Å². The fourth-order valence-electron chi connectivity index (χ4n) is 4.95. The lowest BCUT2D eigenvalue weighted by atomic mass is 9.75. The van der Waals surface area contributed by atoms with Crippen molar-refractivity contribution in [3.63, 3.8) is 0 Å². The fraction of sp³-hybridized carbons (Fsp3) is 0.423. The van der Waals surface area contributed by atoms with Crippen LogP contribution in [0.1, 0.15) is 45.4 Å². The minimum absolute atomic E-state index is 0.0250. The van der Waals surface area contributed by atoms with Crippen LogP contribution in [-0.2, 0) is 42.9 Å². The lowest BCUT2D eigenvalue weighted by molar-refractivity contribution is -0.138. The molecule has 0 aliphatic carbocycles. The summed E-state index contributed by atoms with van der Waals surface area (Å²) in [5.74, 6) is 0.326. The third-order valence-corrected chi connectivity index (χ3v) is 7.00. The number of aliphatic hydroxyl groups is 1. The average Bonchev–Trinajstić information content (AvgIpc) is 3.37. The number of aliphatic hydroxyl groups excluding tert-OH is 1. The van der Waals surface area contributed by atoms with Gasteiger partial charge in [-0.05, 0) is 47.9 Å². The zero-order chi connectivity index (χ0) is 26.4. The summed E-state index contributed by atoms with van der Waals surface area (Å²) in [7, 11) is 1.87. The van der Waals surface area contributed by atoms with Gasteiger partial charge in [0.15, 0.2) is 0 Å². The van der Waals surface area contributed by atoms with Gasteiger partial charge < -0.3 is 24.6 Å². The number of hydrogen-bond acceptors (Lipinski definition) is 6. The first-order valence-corrected chi connectivity index (χ1v) is 12.0. The summed E-state index contributed by atoms with van der Waals surface area (Å²) in [5, 5.41) is 20.5. The van der Waals surface area contributed by atoms with Gasteiger partial charge in [0, 0.05) is 43.2 Å². The molecule has 5 rings (SSSR count). The average molecular weight is 516 g/mol. The molecule has 0 saturated carbocycles. The molecular formula is C26H28F3N5O3. The molecule has 3 aromatic rings. The van der Waals surface area contributed by atoms with Crippen LogP contribution in [0.5, 0.6) is 0 Å². The Morgan fingerprint density at radius 1 is 1.24 bits per heavy atom. The Morgan fingerprint density at radius 3 is 2.65 bits per heavy atom. The van der Waals surface area contributed by atoms with Crippen LogP contribution in [0.4, 0.5) is 18.9 Å². The van der Waals surface area contributed by atoms with Crippen LogP contribution in [-0.4, -0.2) is 51.6 Å². The smallest absolute Gasteiger partial charge is 0.392 e. The SMILES string of the molecule is C[C@H](O)CNCc1cc2c(c(C(F)(F)F)c1)CN(c1cccc(C3(Cc4nncn4C)COC3)c1)C2=O. The molecule has 2 aromatic carbocycles. The maximum absolute atomic E-state index is 14.0. The van der Waals surface area contributed by atoms with Gasteiger partial charge in [0.05, 0.1) is 31.4 Å². The summed E-state index contributed by atoms with van der Waals surface area (Å²) in [6.07, 6.45) is -3.03. The molecule has 1 fully saturated rings. The van der Waals surface area contributed by atoms with E-state index < -0.39 is 23.8 Å². The Labute approximate surface area is 212 Å². The second kappa shape index (κ2) is 9.55. The Balaban J connectivity index is 1.45. The molecule has 37 heavy (non-hydrogen) atoms. The number of nitrogens with one attached hydrogen (secondary N) is 1.